The maximum absolute atomic E-state index is 12.8. The van der Waals surface area contributed by atoms with Crippen LogP contribution >= 0.6 is 23.4 Å². The molecule has 2 aliphatic rings. The summed E-state index contributed by atoms with van der Waals surface area (Å²) in [6.45, 7) is 0.0613. The van der Waals surface area contributed by atoms with Crippen molar-refractivity contribution in [3.05, 3.63) is 47.5 Å². The minimum atomic E-state index is -3.90. The van der Waals surface area contributed by atoms with Crippen LogP contribution in [0.15, 0.2) is 47.4 Å². The summed E-state index contributed by atoms with van der Waals surface area (Å²) in [4.78, 5) is 24.7. The highest BCUT2D eigenvalue weighted by atomic mass is 35.5. The number of carbonyl (C=O) groups is 2. The molecule has 2 aromatic carbocycles. The number of amides is 2. The standard InChI is InChI=1S/C19H18ClN3O6S2/c20-11-2-1-3-13(6-11)31(26,27)16-8-21-19(23-18(16)25)30-9-17(24)22-12-4-5-14-15(7-12)29-10-28-14/h1-7,16,19,21H,8-10H2,(H,22,24)(H,23,25). The average Bonchev–Trinajstić information content (AvgIpc) is 3.20. The summed E-state index contributed by atoms with van der Waals surface area (Å²) in [6.07, 6.45) is 0. The average molecular weight is 484 g/mol. The molecule has 2 amide bonds. The Hall–Kier alpha value is -2.47. The van der Waals surface area contributed by atoms with Crippen LogP contribution in [0.4, 0.5) is 5.69 Å². The molecule has 0 saturated carbocycles. The summed E-state index contributed by atoms with van der Waals surface area (Å²) in [5.41, 5.74) is -0.0380. The molecule has 2 aromatic rings. The molecular weight excluding hydrogens is 466 g/mol. The summed E-state index contributed by atoms with van der Waals surface area (Å²) in [7, 11) is -3.90. The van der Waals surface area contributed by atoms with Gasteiger partial charge in [-0.15, -0.1) is 11.8 Å². The van der Waals surface area contributed by atoms with Gasteiger partial charge in [0.05, 0.1) is 10.6 Å². The van der Waals surface area contributed by atoms with Crippen LogP contribution in [0.3, 0.4) is 0 Å². The molecule has 0 aromatic heterocycles. The minimum Gasteiger partial charge on any atom is -0.454 e. The van der Waals surface area contributed by atoms with Crippen LogP contribution in [-0.4, -0.2) is 50.1 Å². The Bertz CT molecular complexity index is 1130. The first kappa shape index (κ1) is 21.8. The Balaban J connectivity index is 1.30. The van der Waals surface area contributed by atoms with E-state index in [-0.39, 0.29) is 34.9 Å². The molecule has 0 spiro atoms. The second kappa shape index (κ2) is 8.95. The maximum atomic E-state index is 12.8. The number of hydrogen-bond acceptors (Lipinski definition) is 8. The molecule has 1 fully saturated rings. The Kier molecular flexibility index (Phi) is 6.28. The van der Waals surface area contributed by atoms with Gasteiger partial charge in [0.15, 0.2) is 26.6 Å². The van der Waals surface area contributed by atoms with E-state index >= 15 is 0 Å². The first-order valence-corrected chi connectivity index (χ1v) is 12.1. The predicted molar refractivity (Wildman–Crippen MR) is 116 cm³/mol. The summed E-state index contributed by atoms with van der Waals surface area (Å²) in [5, 5.41) is 7.26. The maximum Gasteiger partial charge on any atom is 0.241 e. The molecule has 0 aliphatic carbocycles. The lowest BCUT2D eigenvalue weighted by molar-refractivity contribution is -0.122. The number of thioether (sulfide) groups is 1. The lowest BCUT2D eigenvalue weighted by Gasteiger charge is -2.29. The van der Waals surface area contributed by atoms with Crippen LogP contribution in [0.2, 0.25) is 5.02 Å². The molecule has 3 N–H and O–H groups in total. The van der Waals surface area contributed by atoms with Crippen LogP contribution in [0.1, 0.15) is 0 Å². The zero-order valence-corrected chi connectivity index (χ0v) is 18.4. The van der Waals surface area contributed by atoms with E-state index in [0.717, 1.165) is 11.8 Å². The summed E-state index contributed by atoms with van der Waals surface area (Å²) in [5.74, 6) is 0.293. The molecule has 2 unspecified atom stereocenters. The molecule has 31 heavy (non-hydrogen) atoms. The van der Waals surface area contributed by atoms with Crippen molar-refractivity contribution in [2.75, 3.05) is 24.4 Å². The number of anilines is 1. The van der Waals surface area contributed by atoms with Gasteiger partial charge in [-0.05, 0) is 30.3 Å². The molecule has 1 saturated heterocycles. The molecule has 9 nitrogen and oxygen atoms in total. The van der Waals surface area contributed by atoms with Gasteiger partial charge >= 0.3 is 0 Å². The third kappa shape index (κ3) is 4.90. The quantitative estimate of drug-likeness (QED) is 0.566. The second-order valence-electron chi connectivity index (χ2n) is 6.72. The number of fused-ring (bicyclic) bond motifs is 1. The van der Waals surface area contributed by atoms with Gasteiger partial charge in [0.25, 0.3) is 0 Å². The molecule has 4 rings (SSSR count). The number of carbonyl (C=O) groups excluding carboxylic acids is 2. The highest BCUT2D eigenvalue weighted by Crippen LogP contribution is 2.34. The van der Waals surface area contributed by atoms with Gasteiger partial charge in [-0.2, -0.15) is 0 Å². The zero-order valence-electron chi connectivity index (χ0n) is 16.0. The molecule has 12 heteroatoms. The van der Waals surface area contributed by atoms with Crippen LogP contribution in [0.5, 0.6) is 11.5 Å². The van der Waals surface area contributed by atoms with Crippen molar-refractivity contribution in [2.45, 2.75) is 15.6 Å². The Morgan fingerprint density at radius 1 is 1.19 bits per heavy atom. The fraction of sp³-hybridized carbons (Fsp3) is 0.263. The van der Waals surface area contributed by atoms with Crippen molar-refractivity contribution in [1.29, 1.82) is 0 Å². The Morgan fingerprint density at radius 2 is 2.00 bits per heavy atom. The minimum absolute atomic E-state index is 0.0174. The van der Waals surface area contributed by atoms with Crippen LogP contribution in [0.25, 0.3) is 0 Å². The first-order chi connectivity index (χ1) is 14.8. The SMILES string of the molecule is O=C(CSC1NCC(S(=O)(=O)c2cccc(Cl)c2)C(=O)N1)Nc1ccc2c(c1)OCO2. The topological polar surface area (TPSA) is 123 Å². The predicted octanol–water partition coefficient (Wildman–Crippen LogP) is 1.59. The Morgan fingerprint density at radius 3 is 2.77 bits per heavy atom. The molecule has 0 radical (unpaired) electrons. The smallest absolute Gasteiger partial charge is 0.241 e. The van der Waals surface area contributed by atoms with E-state index in [1.165, 1.54) is 18.2 Å². The van der Waals surface area contributed by atoms with Crippen LogP contribution in [-0.2, 0) is 19.4 Å². The lowest BCUT2D eigenvalue weighted by atomic mass is 10.3. The van der Waals surface area contributed by atoms with Crippen molar-refractivity contribution in [2.24, 2.45) is 0 Å². The molecule has 0 bridgehead atoms. The Labute approximate surface area is 187 Å². The van der Waals surface area contributed by atoms with Crippen molar-refractivity contribution in [1.82, 2.24) is 10.6 Å². The van der Waals surface area contributed by atoms with Gasteiger partial charge in [-0.3, -0.25) is 14.9 Å². The van der Waals surface area contributed by atoms with Gasteiger partial charge in [0.1, 0.15) is 5.50 Å². The number of ether oxygens (including phenoxy) is 2. The first-order valence-electron chi connectivity index (χ1n) is 9.17. The van der Waals surface area contributed by atoms with Gasteiger partial charge in [0, 0.05) is 23.3 Å². The molecule has 164 valence electrons. The highest BCUT2D eigenvalue weighted by molar-refractivity contribution is 8.00. The molecule has 2 atom stereocenters. The monoisotopic (exact) mass is 483 g/mol. The van der Waals surface area contributed by atoms with Gasteiger partial charge in [-0.25, -0.2) is 8.42 Å². The van der Waals surface area contributed by atoms with E-state index in [1.54, 1.807) is 24.3 Å². The van der Waals surface area contributed by atoms with Gasteiger partial charge < -0.3 is 20.1 Å². The van der Waals surface area contributed by atoms with Crippen LogP contribution in [0, 0.1) is 0 Å². The number of hydrogen-bond donors (Lipinski definition) is 3. The number of rotatable bonds is 6. The van der Waals surface area contributed by atoms with E-state index in [1.807, 2.05) is 0 Å². The number of sulfone groups is 1. The third-order valence-corrected chi connectivity index (χ3v) is 7.91. The summed E-state index contributed by atoms with van der Waals surface area (Å²) in [6, 6.07) is 10.8. The normalized spacial score (nSPS) is 20.2. The van der Waals surface area contributed by atoms with Crippen LogP contribution < -0.4 is 25.4 Å². The van der Waals surface area contributed by atoms with Gasteiger partial charge in [-0.1, -0.05) is 17.7 Å². The van der Waals surface area contributed by atoms with E-state index in [2.05, 4.69) is 16.0 Å². The fourth-order valence-electron chi connectivity index (χ4n) is 3.07. The lowest BCUT2D eigenvalue weighted by Crippen LogP contribution is -2.59. The van der Waals surface area contributed by atoms with E-state index in [9.17, 15) is 18.0 Å². The molecule has 2 aliphatic heterocycles. The number of benzene rings is 2. The fourth-order valence-corrected chi connectivity index (χ4v) is 5.68. The van der Waals surface area contributed by atoms with Crippen molar-refractivity contribution in [3.8, 4) is 11.5 Å². The van der Waals surface area contributed by atoms with E-state index in [4.69, 9.17) is 21.1 Å². The number of nitrogens with one attached hydrogen (secondary N) is 3. The summed E-state index contributed by atoms with van der Waals surface area (Å²) >= 11 is 7.01. The van der Waals surface area contributed by atoms with Crippen molar-refractivity contribution < 1.29 is 27.5 Å². The largest absolute Gasteiger partial charge is 0.454 e. The molecule has 2 heterocycles. The van der Waals surface area contributed by atoms with Gasteiger partial charge in [0.2, 0.25) is 18.6 Å². The van der Waals surface area contributed by atoms with Crippen molar-refractivity contribution >= 4 is 50.7 Å². The van der Waals surface area contributed by atoms with E-state index in [0.29, 0.717) is 17.2 Å². The molecular formula is C19H18ClN3O6S2. The third-order valence-electron chi connectivity index (χ3n) is 4.59. The van der Waals surface area contributed by atoms with Crippen molar-refractivity contribution in [3.63, 3.8) is 0 Å². The van der Waals surface area contributed by atoms with E-state index < -0.39 is 26.5 Å². The zero-order chi connectivity index (χ0) is 22.0. The second-order valence-corrected chi connectivity index (χ2v) is 10.4. The number of halogens is 1. The highest BCUT2D eigenvalue weighted by Gasteiger charge is 2.38. The summed E-state index contributed by atoms with van der Waals surface area (Å²) < 4.78 is 36.0.